The lowest BCUT2D eigenvalue weighted by Gasteiger charge is -2.28. The van der Waals surface area contributed by atoms with E-state index in [-0.39, 0.29) is 18.9 Å². The molecule has 0 bridgehead atoms. The Hall–Kier alpha value is -3.35. The molecule has 1 saturated carbocycles. The zero-order chi connectivity index (χ0) is 23.6. The predicted octanol–water partition coefficient (Wildman–Crippen LogP) is 4.06. The molecule has 7 nitrogen and oxygen atoms in total. The molecule has 4 rings (SSSR count). The van der Waals surface area contributed by atoms with Crippen LogP contribution in [0.2, 0.25) is 0 Å². The van der Waals surface area contributed by atoms with Crippen molar-refractivity contribution >= 4 is 18.0 Å². The van der Waals surface area contributed by atoms with Crippen LogP contribution in [0.25, 0.3) is 11.1 Å². The first-order valence-corrected chi connectivity index (χ1v) is 11.5. The monoisotopic (exact) mass is 450 g/mol. The smallest absolute Gasteiger partial charge is 0.407 e. The minimum absolute atomic E-state index is 0.0748. The maximum atomic E-state index is 12.9. The first kappa shape index (κ1) is 22.8. The molecule has 2 aromatic carbocycles. The molecule has 0 spiro atoms. The van der Waals surface area contributed by atoms with Gasteiger partial charge >= 0.3 is 12.1 Å². The van der Waals surface area contributed by atoms with Gasteiger partial charge in [-0.15, -0.1) is 0 Å². The Balaban J connectivity index is 1.42. The molecule has 174 valence electrons. The third-order valence-electron chi connectivity index (χ3n) is 6.80. The third kappa shape index (κ3) is 4.87. The van der Waals surface area contributed by atoms with Gasteiger partial charge in [-0.1, -0.05) is 68.3 Å². The van der Waals surface area contributed by atoms with Crippen molar-refractivity contribution in [2.45, 2.75) is 57.0 Å². The number of amides is 2. The van der Waals surface area contributed by atoms with Crippen molar-refractivity contribution in [3.8, 4) is 11.1 Å². The second kappa shape index (κ2) is 9.25. The number of aliphatic carboxylic acids is 1. The van der Waals surface area contributed by atoms with Crippen molar-refractivity contribution in [1.82, 2.24) is 10.6 Å². The summed E-state index contributed by atoms with van der Waals surface area (Å²) in [6.07, 6.45) is 2.02. The molecule has 0 saturated heterocycles. The maximum Gasteiger partial charge on any atom is 0.407 e. The maximum absolute atomic E-state index is 12.9. The summed E-state index contributed by atoms with van der Waals surface area (Å²) >= 11 is 0. The fourth-order valence-electron chi connectivity index (χ4n) is 4.35. The molecule has 2 atom stereocenters. The van der Waals surface area contributed by atoms with Crippen LogP contribution in [0.5, 0.6) is 0 Å². The second-order valence-electron chi connectivity index (χ2n) is 9.18. The Labute approximate surface area is 193 Å². The zero-order valence-electron chi connectivity index (χ0n) is 19.0. The Morgan fingerprint density at radius 3 is 2.15 bits per heavy atom. The molecule has 2 aliphatic carbocycles. The van der Waals surface area contributed by atoms with Crippen LogP contribution in [0.4, 0.5) is 4.79 Å². The number of fused-ring (bicyclic) bond motifs is 3. The van der Waals surface area contributed by atoms with Crippen LogP contribution in [-0.2, 0) is 14.3 Å². The molecule has 2 aromatic rings. The number of carboxylic acid groups (broad SMARTS) is 1. The number of alkyl carbamates (subject to hydrolysis) is 1. The summed E-state index contributed by atoms with van der Waals surface area (Å²) < 4.78 is 5.58. The Morgan fingerprint density at radius 1 is 1.06 bits per heavy atom. The van der Waals surface area contributed by atoms with Gasteiger partial charge in [0, 0.05) is 5.92 Å². The third-order valence-corrected chi connectivity index (χ3v) is 6.80. The van der Waals surface area contributed by atoms with Crippen LogP contribution in [0.15, 0.2) is 48.5 Å². The van der Waals surface area contributed by atoms with Crippen molar-refractivity contribution in [2.24, 2.45) is 5.92 Å². The summed E-state index contributed by atoms with van der Waals surface area (Å²) in [4.78, 5) is 37.1. The number of ether oxygens (including phenoxy) is 1. The lowest BCUT2D eigenvalue weighted by Crippen LogP contribution is -2.57. The number of carbonyl (C=O) groups is 3. The molecule has 7 heteroatoms. The van der Waals surface area contributed by atoms with E-state index in [1.165, 1.54) is 6.92 Å². The number of carbonyl (C=O) groups excluding carboxylic acids is 2. The molecule has 0 aliphatic heterocycles. The van der Waals surface area contributed by atoms with Crippen molar-refractivity contribution in [3.05, 3.63) is 59.7 Å². The molecule has 0 heterocycles. The molecular weight excluding hydrogens is 420 g/mol. The van der Waals surface area contributed by atoms with Crippen LogP contribution >= 0.6 is 0 Å². The van der Waals surface area contributed by atoms with E-state index in [9.17, 15) is 19.5 Å². The quantitative estimate of drug-likeness (QED) is 0.534. The van der Waals surface area contributed by atoms with E-state index in [0.717, 1.165) is 35.1 Å². The van der Waals surface area contributed by atoms with Crippen LogP contribution in [-0.4, -0.2) is 41.3 Å². The number of benzene rings is 2. The van der Waals surface area contributed by atoms with Gasteiger partial charge in [-0.2, -0.15) is 0 Å². The Kier molecular flexibility index (Phi) is 6.40. The van der Waals surface area contributed by atoms with E-state index in [1.54, 1.807) is 6.92 Å². The fraction of sp³-hybridized carbons (Fsp3) is 0.423. The average Bonchev–Trinajstić information content (AvgIpc) is 3.57. The molecule has 2 aliphatic rings. The lowest BCUT2D eigenvalue weighted by atomic mass is 9.98. The van der Waals surface area contributed by atoms with E-state index in [0.29, 0.717) is 12.3 Å². The number of carboxylic acids is 1. The average molecular weight is 451 g/mol. The highest BCUT2D eigenvalue weighted by molar-refractivity contribution is 5.91. The highest BCUT2D eigenvalue weighted by Gasteiger charge is 2.38. The summed E-state index contributed by atoms with van der Waals surface area (Å²) in [5, 5.41) is 14.8. The van der Waals surface area contributed by atoms with E-state index in [1.807, 2.05) is 36.4 Å². The topological polar surface area (TPSA) is 105 Å². The van der Waals surface area contributed by atoms with E-state index in [4.69, 9.17) is 4.74 Å². The lowest BCUT2D eigenvalue weighted by molar-refractivity contribution is -0.147. The van der Waals surface area contributed by atoms with Crippen LogP contribution in [0.1, 0.15) is 56.6 Å². The van der Waals surface area contributed by atoms with Crippen LogP contribution in [0.3, 0.4) is 0 Å². The Bertz CT molecular complexity index is 1020. The van der Waals surface area contributed by atoms with Gasteiger partial charge in [0.1, 0.15) is 18.2 Å². The van der Waals surface area contributed by atoms with Crippen molar-refractivity contribution in [3.63, 3.8) is 0 Å². The fourth-order valence-corrected chi connectivity index (χ4v) is 4.35. The molecular formula is C26H30N2O5. The molecule has 3 N–H and O–H groups in total. The van der Waals surface area contributed by atoms with E-state index >= 15 is 0 Å². The van der Waals surface area contributed by atoms with Gasteiger partial charge in [0.05, 0.1) is 0 Å². The minimum Gasteiger partial charge on any atom is -0.480 e. The first-order chi connectivity index (χ1) is 15.8. The van der Waals surface area contributed by atoms with Gasteiger partial charge in [0.25, 0.3) is 0 Å². The Morgan fingerprint density at radius 2 is 1.64 bits per heavy atom. The van der Waals surface area contributed by atoms with Crippen molar-refractivity contribution in [1.29, 1.82) is 0 Å². The first-order valence-electron chi connectivity index (χ1n) is 11.5. The van der Waals surface area contributed by atoms with E-state index < -0.39 is 29.6 Å². The van der Waals surface area contributed by atoms with Crippen LogP contribution in [0, 0.1) is 5.92 Å². The predicted molar refractivity (Wildman–Crippen MR) is 124 cm³/mol. The van der Waals surface area contributed by atoms with Crippen LogP contribution < -0.4 is 10.6 Å². The molecule has 0 aromatic heterocycles. The number of hydrogen-bond donors (Lipinski definition) is 3. The summed E-state index contributed by atoms with van der Waals surface area (Å²) in [5.41, 5.74) is 3.11. The van der Waals surface area contributed by atoms with Gasteiger partial charge in [0.15, 0.2) is 0 Å². The normalized spacial score (nSPS) is 17.3. The molecule has 0 radical (unpaired) electrons. The SMILES string of the molecule is CCC(C)(NC(=O)[C@H](CC1CC1)NC(=O)OCC1c2ccccc2-c2ccccc21)C(=O)O. The molecule has 33 heavy (non-hydrogen) atoms. The van der Waals surface area contributed by atoms with Gasteiger partial charge in [0.2, 0.25) is 5.91 Å². The van der Waals surface area contributed by atoms with E-state index in [2.05, 4.69) is 22.8 Å². The summed E-state index contributed by atoms with van der Waals surface area (Å²) in [7, 11) is 0. The van der Waals surface area contributed by atoms with Gasteiger partial charge in [-0.3, -0.25) is 4.79 Å². The second-order valence-corrected chi connectivity index (χ2v) is 9.18. The van der Waals surface area contributed by atoms with Gasteiger partial charge in [-0.25, -0.2) is 9.59 Å². The molecule has 1 fully saturated rings. The highest BCUT2D eigenvalue weighted by atomic mass is 16.5. The van der Waals surface area contributed by atoms with Crippen molar-refractivity contribution < 1.29 is 24.2 Å². The number of hydrogen-bond acceptors (Lipinski definition) is 4. The number of rotatable bonds is 9. The largest absolute Gasteiger partial charge is 0.480 e. The van der Waals surface area contributed by atoms with Gasteiger partial charge < -0.3 is 20.5 Å². The van der Waals surface area contributed by atoms with Gasteiger partial charge in [-0.05, 0) is 47.9 Å². The standard InChI is InChI=1S/C26H30N2O5/c1-3-26(2,24(30)31)28-23(29)22(14-16-12-13-16)27-25(32)33-15-21-19-10-6-4-8-17(19)18-9-5-7-11-20(18)21/h4-11,16,21-22H,3,12-15H2,1-2H3,(H,27,32)(H,28,29)(H,30,31)/t22-,26?/m0/s1. The summed E-state index contributed by atoms with van der Waals surface area (Å²) in [6, 6.07) is 15.3. The minimum atomic E-state index is -1.39. The zero-order valence-corrected chi connectivity index (χ0v) is 19.0. The summed E-state index contributed by atoms with van der Waals surface area (Å²) in [5.74, 6) is -1.33. The molecule has 2 amide bonds. The highest BCUT2D eigenvalue weighted by Crippen LogP contribution is 2.44. The summed E-state index contributed by atoms with van der Waals surface area (Å²) in [6.45, 7) is 3.32. The number of nitrogens with one attached hydrogen (secondary N) is 2. The molecule has 1 unspecified atom stereocenters. The van der Waals surface area contributed by atoms with Crippen molar-refractivity contribution in [2.75, 3.05) is 6.61 Å².